The summed E-state index contributed by atoms with van der Waals surface area (Å²) in [7, 11) is 0. The fourth-order valence-electron chi connectivity index (χ4n) is 3.06. The Labute approximate surface area is 127 Å². The second-order valence-electron chi connectivity index (χ2n) is 5.74. The summed E-state index contributed by atoms with van der Waals surface area (Å²) < 4.78 is 0. The molecule has 1 heterocycles. The van der Waals surface area contributed by atoms with E-state index < -0.39 is 0 Å². The molecule has 0 radical (unpaired) electrons. The zero-order chi connectivity index (χ0) is 15.2. The van der Waals surface area contributed by atoms with E-state index in [4.69, 9.17) is 0 Å². The summed E-state index contributed by atoms with van der Waals surface area (Å²) in [4.78, 5) is 13.5. The summed E-state index contributed by atoms with van der Waals surface area (Å²) in [6.45, 7) is 8.84. The Hall–Kier alpha value is -1.55. The Balaban J connectivity index is 1.98. The van der Waals surface area contributed by atoms with E-state index in [-0.39, 0.29) is 11.9 Å². The van der Waals surface area contributed by atoms with Gasteiger partial charge in [-0.15, -0.1) is 0 Å². The molecule has 4 heteroatoms. The van der Waals surface area contributed by atoms with Gasteiger partial charge in [0, 0.05) is 37.8 Å². The molecule has 2 atom stereocenters. The lowest BCUT2D eigenvalue weighted by Gasteiger charge is -2.21. The van der Waals surface area contributed by atoms with Crippen LogP contribution >= 0.6 is 0 Å². The zero-order valence-electron chi connectivity index (χ0n) is 13.4. The van der Waals surface area contributed by atoms with Gasteiger partial charge in [0.05, 0.1) is 0 Å². The monoisotopic (exact) mass is 289 g/mol. The average molecular weight is 289 g/mol. The molecule has 1 fully saturated rings. The Morgan fingerprint density at radius 3 is 2.62 bits per heavy atom. The molecule has 1 aliphatic heterocycles. The number of benzene rings is 1. The molecule has 1 saturated heterocycles. The van der Waals surface area contributed by atoms with E-state index in [0.29, 0.717) is 6.04 Å². The molecule has 1 aromatic rings. The third-order valence-corrected chi connectivity index (χ3v) is 4.12. The number of carbonyl (C=O) groups is 1. The number of rotatable bonds is 6. The highest BCUT2D eigenvalue weighted by atomic mass is 16.1. The predicted octanol–water partition coefficient (Wildman–Crippen LogP) is 2.46. The van der Waals surface area contributed by atoms with Crippen LogP contribution in [0, 0.1) is 0 Å². The van der Waals surface area contributed by atoms with Crippen molar-refractivity contribution in [2.75, 3.05) is 24.5 Å². The Morgan fingerprint density at radius 2 is 2.05 bits per heavy atom. The molecule has 1 amide bonds. The fraction of sp³-hybridized carbons (Fsp3) is 0.588. The second kappa shape index (κ2) is 7.46. The first-order chi connectivity index (χ1) is 10.1. The largest absolute Gasteiger partial charge is 0.369 e. The first-order valence-electron chi connectivity index (χ1n) is 7.99. The normalized spacial score (nSPS) is 19.6. The minimum absolute atomic E-state index is 0.0635. The average Bonchev–Trinajstić information content (AvgIpc) is 2.92. The lowest BCUT2D eigenvalue weighted by molar-refractivity contribution is -0.119. The molecule has 0 aliphatic carbocycles. The van der Waals surface area contributed by atoms with Crippen molar-refractivity contribution in [1.82, 2.24) is 10.6 Å². The number of nitrogens with zero attached hydrogens (tertiary/aromatic N) is 1. The molecular weight excluding hydrogens is 262 g/mol. The van der Waals surface area contributed by atoms with Crippen LogP contribution < -0.4 is 15.5 Å². The van der Waals surface area contributed by atoms with Gasteiger partial charge in [-0.2, -0.15) is 0 Å². The molecule has 0 spiro atoms. The van der Waals surface area contributed by atoms with E-state index in [0.717, 1.165) is 32.5 Å². The van der Waals surface area contributed by atoms with Gasteiger partial charge in [0.25, 0.3) is 0 Å². The van der Waals surface area contributed by atoms with Crippen LogP contribution in [0.5, 0.6) is 0 Å². The van der Waals surface area contributed by atoms with Gasteiger partial charge in [-0.1, -0.05) is 26.0 Å². The number of carbonyl (C=O) groups excluding carboxylic acids is 1. The van der Waals surface area contributed by atoms with Crippen molar-refractivity contribution in [2.24, 2.45) is 0 Å². The predicted molar refractivity (Wildman–Crippen MR) is 87.6 cm³/mol. The highest BCUT2D eigenvalue weighted by Gasteiger charge is 2.23. The molecule has 1 aliphatic rings. The highest BCUT2D eigenvalue weighted by molar-refractivity contribution is 5.73. The van der Waals surface area contributed by atoms with Crippen molar-refractivity contribution in [2.45, 2.75) is 45.7 Å². The summed E-state index contributed by atoms with van der Waals surface area (Å²) in [6.07, 6.45) is 2.12. The lowest BCUT2D eigenvalue weighted by atomic mass is 10.0. The SMILES string of the molecule is CCNC(CC)c1ccc(N2CCC(NC(C)=O)C2)cc1. The number of anilines is 1. The van der Waals surface area contributed by atoms with Crippen molar-refractivity contribution in [3.05, 3.63) is 29.8 Å². The Morgan fingerprint density at radius 1 is 1.33 bits per heavy atom. The van der Waals surface area contributed by atoms with E-state index in [1.54, 1.807) is 6.92 Å². The Kier molecular flexibility index (Phi) is 5.62. The molecular formula is C17H27N3O. The van der Waals surface area contributed by atoms with E-state index in [1.165, 1.54) is 11.3 Å². The molecule has 21 heavy (non-hydrogen) atoms. The number of hydrogen-bond donors (Lipinski definition) is 2. The second-order valence-corrected chi connectivity index (χ2v) is 5.74. The maximum Gasteiger partial charge on any atom is 0.217 e. The van der Waals surface area contributed by atoms with E-state index in [1.807, 2.05) is 0 Å². The number of hydrogen-bond acceptors (Lipinski definition) is 3. The maximum atomic E-state index is 11.1. The molecule has 2 rings (SSSR count). The topological polar surface area (TPSA) is 44.4 Å². The van der Waals surface area contributed by atoms with Crippen molar-refractivity contribution < 1.29 is 4.79 Å². The van der Waals surface area contributed by atoms with Crippen molar-refractivity contribution in [1.29, 1.82) is 0 Å². The Bertz CT molecular complexity index is 458. The number of amides is 1. The minimum Gasteiger partial charge on any atom is -0.369 e. The van der Waals surface area contributed by atoms with Gasteiger partial charge in [0.2, 0.25) is 5.91 Å². The molecule has 2 unspecified atom stereocenters. The quantitative estimate of drug-likeness (QED) is 0.845. The molecule has 0 bridgehead atoms. The summed E-state index contributed by atoms with van der Waals surface area (Å²) in [5.74, 6) is 0.0635. The first-order valence-corrected chi connectivity index (χ1v) is 7.99. The van der Waals surface area contributed by atoms with Gasteiger partial charge < -0.3 is 15.5 Å². The van der Waals surface area contributed by atoms with Crippen LogP contribution in [0.3, 0.4) is 0 Å². The van der Waals surface area contributed by atoms with Gasteiger partial charge >= 0.3 is 0 Å². The van der Waals surface area contributed by atoms with Crippen LogP contribution in [0.4, 0.5) is 5.69 Å². The van der Waals surface area contributed by atoms with Crippen LogP contribution in [0.2, 0.25) is 0 Å². The number of nitrogens with one attached hydrogen (secondary N) is 2. The van der Waals surface area contributed by atoms with Gasteiger partial charge in [-0.3, -0.25) is 4.79 Å². The summed E-state index contributed by atoms with van der Waals surface area (Å²) >= 11 is 0. The third kappa shape index (κ3) is 4.21. The van der Waals surface area contributed by atoms with Gasteiger partial charge in [-0.05, 0) is 37.1 Å². The molecule has 4 nitrogen and oxygen atoms in total. The highest BCUT2D eigenvalue weighted by Crippen LogP contribution is 2.24. The van der Waals surface area contributed by atoms with Crippen molar-refractivity contribution in [3.8, 4) is 0 Å². The van der Waals surface area contributed by atoms with E-state index in [2.05, 4.69) is 53.6 Å². The molecule has 0 aromatic heterocycles. The maximum absolute atomic E-state index is 11.1. The summed E-state index contributed by atoms with van der Waals surface area (Å²) in [5.41, 5.74) is 2.60. The third-order valence-electron chi connectivity index (χ3n) is 4.12. The van der Waals surface area contributed by atoms with Crippen LogP contribution in [0.15, 0.2) is 24.3 Å². The van der Waals surface area contributed by atoms with Gasteiger partial charge in [0.15, 0.2) is 0 Å². The van der Waals surface area contributed by atoms with Gasteiger partial charge in [0.1, 0.15) is 0 Å². The van der Waals surface area contributed by atoms with Crippen LogP contribution in [-0.4, -0.2) is 31.6 Å². The minimum atomic E-state index is 0.0635. The van der Waals surface area contributed by atoms with Crippen LogP contribution in [-0.2, 0) is 4.79 Å². The summed E-state index contributed by atoms with van der Waals surface area (Å²) in [6, 6.07) is 9.56. The summed E-state index contributed by atoms with van der Waals surface area (Å²) in [5, 5.41) is 6.51. The van der Waals surface area contributed by atoms with Gasteiger partial charge in [-0.25, -0.2) is 0 Å². The lowest BCUT2D eigenvalue weighted by Crippen LogP contribution is -2.35. The van der Waals surface area contributed by atoms with Crippen molar-refractivity contribution in [3.63, 3.8) is 0 Å². The molecule has 2 N–H and O–H groups in total. The van der Waals surface area contributed by atoms with Crippen molar-refractivity contribution >= 4 is 11.6 Å². The molecule has 116 valence electrons. The van der Waals surface area contributed by atoms with E-state index in [9.17, 15) is 4.79 Å². The fourth-order valence-corrected chi connectivity index (χ4v) is 3.06. The zero-order valence-corrected chi connectivity index (χ0v) is 13.4. The first kappa shape index (κ1) is 15.8. The molecule has 1 aromatic carbocycles. The van der Waals surface area contributed by atoms with Crippen LogP contribution in [0.1, 0.15) is 45.2 Å². The molecule has 0 saturated carbocycles. The van der Waals surface area contributed by atoms with Crippen LogP contribution in [0.25, 0.3) is 0 Å². The van der Waals surface area contributed by atoms with E-state index >= 15 is 0 Å². The smallest absolute Gasteiger partial charge is 0.217 e. The standard InChI is InChI=1S/C17H27N3O/c1-4-17(18-5-2)14-6-8-16(9-7-14)20-11-10-15(12-20)19-13(3)21/h6-9,15,17-18H,4-5,10-12H2,1-3H3,(H,19,21).